The van der Waals surface area contributed by atoms with Gasteiger partial charge in [-0.1, -0.05) is 0 Å². The number of carbonyl (C=O) groups excluding carboxylic acids is 1. The largest absolute Gasteiger partial charge is 0.348 e. The Morgan fingerprint density at radius 1 is 1.14 bits per heavy atom. The van der Waals surface area contributed by atoms with Gasteiger partial charge in [-0.2, -0.15) is 13.9 Å². The molecule has 1 fully saturated rings. The first-order valence-corrected chi connectivity index (χ1v) is 14.0. The van der Waals surface area contributed by atoms with Crippen LogP contribution in [0.15, 0.2) is 41.5 Å². The molecule has 224 valence electrons. The molecule has 1 unspecified atom stereocenters. The van der Waals surface area contributed by atoms with E-state index in [0.717, 1.165) is 44.2 Å². The molecule has 5 rings (SSSR count). The minimum Gasteiger partial charge on any atom is -0.348 e. The van der Waals surface area contributed by atoms with E-state index in [1.165, 1.54) is 0 Å². The third-order valence-electron chi connectivity index (χ3n) is 8.35. The van der Waals surface area contributed by atoms with Crippen molar-refractivity contribution in [2.75, 3.05) is 32.9 Å². The fraction of sp³-hybridized carbons (Fsp3) is 0.433. The van der Waals surface area contributed by atoms with Crippen molar-refractivity contribution >= 4 is 11.4 Å². The first-order valence-electron chi connectivity index (χ1n) is 14.0. The van der Waals surface area contributed by atoms with E-state index in [9.17, 15) is 22.8 Å². The number of halogens is 3. The minimum absolute atomic E-state index is 0.0278. The average molecular weight is 584 g/mol. The normalized spacial score (nSPS) is 15.8. The molecule has 2 N–H and O–H groups in total. The number of carbonyl (C=O) groups is 1. The lowest BCUT2D eigenvalue weighted by Gasteiger charge is -2.40. The molecule has 0 aromatic carbocycles. The van der Waals surface area contributed by atoms with Crippen molar-refractivity contribution in [1.29, 1.82) is 0 Å². The summed E-state index contributed by atoms with van der Waals surface area (Å²) >= 11 is 0. The Hall–Kier alpha value is -3.90. The summed E-state index contributed by atoms with van der Waals surface area (Å²) in [6, 6.07) is 3.86. The molecule has 0 radical (unpaired) electrons. The van der Waals surface area contributed by atoms with Crippen LogP contribution in [0.3, 0.4) is 0 Å². The smallest absolute Gasteiger partial charge is 0.333 e. The van der Waals surface area contributed by atoms with Gasteiger partial charge in [-0.3, -0.25) is 19.2 Å². The SMILES string of the molecule is Cc1cc(C)c(CNC(=O)c2cc3cc(-c4ccnn4C)cn3c(C(C)N3CCN(C(F)(F)CF)CC3)c2C)c(=O)[nH]1. The van der Waals surface area contributed by atoms with Crippen LogP contribution < -0.4 is 10.9 Å². The lowest BCUT2D eigenvalue weighted by molar-refractivity contribution is -0.171. The fourth-order valence-electron chi connectivity index (χ4n) is 5.98. The summed E-state index contributed by atoms with van der Waals surface area (Å²) in [5.41, 5.74) is 6.45. The molecule has 1 aliphatic rings. The van der Waals surface area contributed by atoms with E-state index in [2.05, 4.69) is 20.3 Å². The van der Waals surface area contributed by atoms with Crippen LogP contribution >= 0.6 is 0 Å². The second-order valence-electron chi connectivity index (χ2n) is 11.1. The van der Waals surface area contributed by atoms with Gasteiger partial charge in [-0.05, 0) is 63.1 Å². The zero-order valence-electron chi connectivity index (χ0n) is 24.5. The predicted octanol–water partition coefficient (Wildman–Crippen LogP) is 4.12. The number of rotatable bonds is 8. The number of aryl methyl sites for hydroxylation is 3. The van der Waals surface area contributed by atoms with Crippen molar-refractivity contribution in [3.63, 3.8) is 0 Å². The Morgan fingerprint density at radius 3 is 2.48 bits per heavy atom. The number of nitrogens with zero attached hydrogens (tertiary/aromatic N) is 5. The van der Waals surface area contributed by atoms with Crippen molar-refractivity contribution in [1.82, 2.24) is 34.3 Å². The van der Waals surface area contributed by atoms with Gasteiger partial charge in [-0.15, -0.1) is 0 Å². The van der Waals surface area contributed by atoms with Crippen LogP contribution in [-0.4, -0.2) is 73.8 Å². The second-order valence-corrected chi connectivity index (χ2v) is 11.1. The minimum atomic E-state index is -3.48. The highest BCUT2D eigenvalue weighted by molar-refractivity contribution is 5.97. The Morgan fingerprint density at radius 2 is 1.86 bits per heavy atom. The fourth-order valence-corrected chi connectivity index (χ4v) is 5.98. The summed E-state index contributed by atoms with van der Waals surface area (Å²) in [5.74, 6) is -0.321. The summed E-state index contributed by atoms with van der Waals surface area (Å²) < 4.78 is 44.7. The van der Waals surface area contributed by atoms with Crippen molar-refractivity contribution < 1.29 is 18.0 Å². The number of H-pyrrole nitrogens is 1. The quantitative estimate of drug-likeness (QED) is 0.305. The van der Waals surface area contributed by atoms with Crippen LogP contribution in [0, 0.1) is 20.8 Å². The average Bonchev–Trinajstić information content (AvgIpc) is 3.57. The van der Waals surface area contributed by atoms with E-state index in [4.69, 9.17) is 0 Å². The summed E-state index contributed by atoms with van der Waals surface area (Å²) in [4.78, 5) is 31.9. The van der Waals surface area contributed by atoms with Crippen LogP contribution in [-0.2, 0) is 13.6 Å². The number of nitrogens with one attached hydrogen (secondary N) is 2. The molecule has 4 aromatic heterocycles. The van der Waals surface area contributed by atoms with Crippen molar-refractivity contribution in [3.8, 4) is 11.3 Å². The maximum atomic E-state index is 14.0. The third-order valence-corrected chi connectivity index (χ3v) is 8.35. The molecule has 5 heterocycles. The first kappa shape index (κ1) is 29.6. The van der Waals surface area contributed by atoms with Gasteiger partial charge in [0.15, 0.2) is 6.67 Å². The molecule has 0 saturated carbocycles. The van der Waals surface area contributed by atoms with Gasteiger partial charge in [-0.25, -0.2) is 9.29 Å². The molecular formula is C30H36F3N7O2. The molecule has 4 aromatic rings. The maximum absolute atomic E-state index is 14.0. The molecule has 1 amide bonds. The van der Waals surface area contributed by atoms with E-state index < -0.39 is 12.7 Å². The summed E-state index contributed by atoms with van der Waals surface area (Å²) in [6.45, 7) is 6.56. The highest BCUT2D eigenvalue weighted by atomic mass is 19.3. The van der Waals surface area contributed by atoms with Crippen LogP contribution in [0.1, 0.15) is 51.4 Å². The number of piperazine rings is 1. The van der Waals surface area contributed by atoms with E-state index >= 15 is 0 Å². The van der Waals surface area contributed by atoms with E-state index in [-0.39, 0.29) is 37.1 Å². The van der Waals surface area contributed by atoms with Gasteiger partial charge >= 0.3 is 6.05 Å². The predicted molar refractivity (Wildman–Crippen MR) is 155 cm³/mol. The lowest BCUT2D eigenvalue weighted by atomic mass is 10.00. The van der Waals surface area contributed by atoms with Gasteiger partial charge in [0.2, 0.25) is 0 Å². The number of hydrogen-bond donors (Lipinski definition) is 2. The standard InChI is InChI=1S/C30H36F3N7O2/c1-18-12-19(2)36-29(42)25(18)15-34-28(41)24-14-23-13-22(26-6-7-35-37(26)5)16-40(23)27(20(24)3)21(4)38-8-10-39(11-9-38)30(32,33)17-31/h6-7,12-14,16,21H,8-11,15,17H2,1-5H3,(H,34,41)(H,36,42). The molecule has 0 spiro atoms. The van der Waals surface area contributed by atoms with Gasteiger partial charge in [0.05, 0.1) is 5.69 Å². The Labute approximate surface area is 241 Å². The van der Waals surface area contributed by atoms with E-state index in [1.54, 1.807) is 10.9 Å². The van der Waals surface area contributed by atoms with Gasteiger partial charge in [0, 0.05) is 91.8 Å². The summed E-state index contributed by atoms with van der Waals surface area (Å²) in [5, 5.41) is 7.20. The van der Waals surface area contributed by atoms with Gasteiger partial charge in [0.25, 0.3) is 11.5 Å². The van der Waals surface area contributed by atoms with Crippen LogP contribution in [0.5, 0.6) is 0 Å². The number of pyridine rings is 2. The van der Waals surface area contributed by atoms with Gasteiger partial charge in [0.1, 0.15) is 0 Å². The number of aromatic nitrogens is 4. The Kier molecular flexibility index (Phi) is 8.04. The number of aromatic amines is 1. The lowest BCUT2D eigenvalue weighted by Crippen LogP contribution is -2.54. The first-order chi connectivity index (χ1) is 19.9. The zero-order chi connectivity index (χ0) is 30.3. The molecule has 0 bridgehead atoms. The molecule has 0 aliphatic carbocycles. The van der Waals surface area contributed by atoms with Crippen molar-refractivity contribution in [3.05, 3.63) is 80.7 Å². The number of alkyl halides is 3. The molecule has 12 heteroatoms. The highest BCUT2D eigenvalue weighted by Gasteiger charge is 2.40. The zero-order valence-corrected chi connectivity index (χ0v) is 24.5. The molecular weight excluding hydrogens is 547 g/mol. The van der Waals surface area contributed by atoms with Gasteiger partial charge < -0.3 is 14.7 Å². The molecule has 1 atom stereocenters. The number of hydrogen-bond acceptors (Lipinski definition) is 5. The topological polar surface area (TPSA) is 90.7 Å². The van der Waals surface area contributed by atoms with Crippen molar-refractivity contribution in [2.24, 2.45) is 7.05 Å². The summed E-state index contributed by atoms with van der Waals surface area (Å²) in [6.07, 6.45) is 3.71. The Balaban J connectivity index is 1.51. The molecule has 42 heavy (non-hydrogen) atoms. The molecule has 1 aliphatic heterocycles. The van der Waals surface area contributed by atoms with Crippen LogP contribution in [0.4, 0.5) is 13.2 Å². The monoisotopic (exact) mass is 583 g/mol. The van der Waals surface area contributed by atoms with Crippen LogP contribution in [0.25, 0.3) is 16.8 Å². The van der Waals surface area contributed by atoms with E-state index in [1.807, 2.05) is 69.6 Å². The number of fused-ring (bicyclic) bond motifs is 1. The Bertz CT molecular complexity index is 1680. The molecule has 1 saturated heterocycles. The number of amides is 1. The maximum Gasteiger partial charge on any atom is 0.333 e. The third kappa shape index (κ3) is 5.48. The van der Waals surface area contributed by atoms with Crippen LogP contribution in [0.2, 0.25) is 0 Å². The second kappa shape index (κ2) is 11.4. The summed E-state index contributed by atoms with van der Waals surface area (Å²) in [7, 11) is 1.85. The highest BCUT2D eigenvalue weighted by Crippen LogP contribution is 2.33. The van der Waals surface area contributed by atoms with E-state index in [0.29, 0.717) is 24.2 Å². The molecule has 9 nitrogen and oxygen atoms in total. The van der Waals surface area contributed by atoms with Crippen molar-refractivity contribution in [2.45, 2.75) is 46.3 Å².